The highest BCUT2D eigenvalue weighted by atomic mass is 79.9. The summed E-state index contributed by atoms with van der Waals surface area (Å²) in [5.74, 6) is 7.68. The maximum Gasteiger partial charge on any atom is 0.399 e. The Balaban J connectivity index is 0.00000125. The summed E-state index contributed by atoms with van der Waals surface area (Å²) in [5.41, 5.74) is 22.6. The first-order valence-corrected chi connectivity index (χ1v) is 37.6. The number of nitrogens with one attached hydrogen (secondary N) is 2. The number of oxime groups is 1. The van der Waals surface area contributed by atoms with Crippen LogP contribution in [0.1, 0.15) is 194 Å². The number of carbonyl (C=O) groups excluding carboxylic acids is 1. The monoisotopic (exact) mass is 1570 g/mol. The van der Waals surface area contributed by atoms with Gasteiger partial charge in [0.05, 0.1) is 91.6 Å². The topological polar surface area (TPSA) is 358 Å². The summed E-state index contributed by atoms with van der Waals surface area (Å²) in [5, 5.41) is 52.0. The van der Waals surface area contributed by atoms with Crippen LogP contribution in [0.4, 0.5) is 0 Å². The van der Waals surface area contributed by atoms with Crippen LogP contribution in [0.5, 0.6) is 0 Å². The SMILES string of the molecule is C.CC(C)(C)C(=O)CBr.CC1(C)C[C@@H](Cc2ccc(-c3ncc(C(C)(C)C)[nH]3)cc2)CO1.CC1(C)C[C@@H](Cc2ccc(C#N)cc2)CO1.CC1(C)C[C@@H](Cc2ccc(C(=N)N)cc2)CO1.CC1(C)C[C@@H](Cc2ccc(C(N)=NO)cc2)CO1.COS(=O)(=O)OC.C[C@H](CO)Cc1ccc(C#N)cc1.Cl.NO.[HH]. The number of alkyl halides is 1. The number of halogens is 2. The van der Waals surface area contributed by atoms with Gasteiger partial charge in [0.2, 0.25) is 0 Å². The van der Waals surface area contributed by atoms with Crippen molar-refractivity contribution in [3.63, 3.8) is 0 Å². The number of nitrogens with two attached hydrogens (primary N) is 3. The molecule has 4 aliphatic heterocycles. The molecule has 0 bridgehead atoms. The Morgan fingerprint density at radius 1 is 0.642 bits per heavy atom. The van der Waals surface area contributed by atoms with Crippen LogP contribution in [0.15, 0.2) is 133 Å². The molecule has 0 amide bonds. The lowest BCUT2D eigenvalue weighted by atomic mass is 9.92. The molecule has 0 radical (unpaired) electrons. The fraction of sp³-hybridized carbons (Fsp3) is 0.537. The van der Waals surface area contributed by atoms with Gasteiger partial charge in [-0.2, -0.15) is 18.9 Å². The molecule has 0 aliphatic carbocycles. The first-order valence-electron chi connectivity index (χ1n) is 35.2. The molecule has 5 heterocycles. The maximum absolute atomic E-state index is 10.8. The van der Waals surface area contributed by atoms with Gasteiger partial charge in [-0.05, 0) is 195 Å². The van der Waals surface area contributed by atoms with E-state index in [1.807, 2.05) is 107 Å². The van der Waals surface area contributed by atoms with Crippen LogP contribution < -0.4 is 17.4 Å². The Morgan fingerprint density at radius 3 is 1.20 bits per heavy atom. The van der Waals surface area contributed by atoms with Crippen molar-refractivity contribution in [2.45, 2.75) is 197 Å². The van der Waals surface area contributed by atoms with Gasteiger partial charge >= 0.3 is 10.4 Å². The number of imidazole rings is 1. The van der Waals surface area contributed by atoms with E-state index in [2.05, 4.69) is 170 Å². The number of rotatable bonds is 17. The van der Waals surface area contributed by atoms with Crippen LogP contribution in [0, 0.1) is 63.1 Å². The van der Waals surface area contributed by atoms with Crippen LogP contribution in [0.25, 0.3) is 11.4 Å². The lowest BCUT2D eigenvalue weighted by molar-refractivity contribution is -0.123. The van der Waals surface area contributed by atoms with Gasteiger partial charge in [0.25, 0.3) is 0 Å². The number of nitrogens with zero attached hydrogens (tertiary/aromatic N) is 4. The van der Waals surface area contributed by atoms with Crippen LogP contribution in [-0.2, 0) is 80.0 Å². The summed E-state index contributed by atoms with van der Waals surface area (Å²) in [4.78, 5) is 18.8. The van der Waals surface area contributed by atoms with Crippen molar-refractivity contribution in [2.24, 2.45) is 57.5 Å². The molecule has 0 spiro atoms. The molecule has 106 heavy (non-hydrogen) atoms. The van der Waals surface area contributed by atoms with E-state index in [4.69, 9.17) is 61.9 Å². The molecule has 5 aromatic carbocycles. The first-order chi connectivity index (χ1) is 48.6. The molecule has 21 nitrogen and oxygen atoms in total. The van der Waals surface area contributed by atoms with Gasteiger partial charge in [-0.25, -0.2) is 10.9 Å². The van der Waals surface area contributed by atoms with Gasteiger partial charge in [0.15, 0.2) is 5.84 Å². The van der Waals surface area contributed by atoms with Crippen molar-refractivity contribution in [3.05, 3.63) is 183 Å². The van der Waals surface area contributed by atoms with E-state index < -0.39 is 10.4 Å². The number of Topliss-reactive ketones (excluding diaryl/α,β-unsaturated/α-hetero) is 1. The molecule has 4 aliphatic rings. The highest BCUT2D eigenvalue weighted by molar-refractivity contribution is 9.09. The van der Waals surface area contributed by atoms with E-state index >= 15 is 0 Å². The number of ketones is 1. The molecule has 0 saturated carbocycles. The molecule has 5 atom stereocenters. The quantitative estimate of drug-likeness (QED) is 0.0138. The number of H-pyrrole nitrogens is 1. The second-order valence-electron chi connectivity index (χ2n) is 31.4. The first kappa shape index (κ1) is 97.1. The number of carbonyl (C=O) groups is 1. The van der Waals surface area contributed by atoms with Crippen molar-refractivity contribution >= 4 is 56.2 Å². The van der Waals surface area contributed by atoms with Crippen molar-refractivity contribution in [3.8, 4) is 23.5 Å². The molecule has 6 aromatic rings. The molecule has 4 saturated heterocycles. The number of benzene rings is 5. The lowest BCUT2D eigenvalue weighted by Gasteiger charge is -2.15. The van der Waals surface area contributed by atoms with Crippen LogP contribution in [-0.4, -0.2) is 126 Å². The third-order valence-electron chi connectivity index (χ3n) is 17.7. The van der Waals surface area contributed by atoms with E-state index in [-0.39, 0.29) is 84.5 Å². The zero-order chi connectivity index (χ0) is 78.3. The van der Waals surface area contributed by atoms with E-state index in [1.54, 1.807) is 12.1 Å². The number of nitriles is 2. The molecule has 0 unspecified atom stereocenters. The van der Waals surface area contributed by atoms with E-state index in [0.717, 1.165) is 127 Å². The molecule has 4 fully saturated rings. The Kier molecular flexibility index (Phi) is 41.9. The molecule has 10 rings (SSSR count). The molecular weight excluding hydrogens is 1450 g/mol. The van der Waals surface area contributed by atoms with Gasteiger partial charge in [-0.1, -0.05) is 174 Å². The lowest BCUT2D eigenvalue weighted by Crippen LogP contribution is -2.20. The van der Waals surface area contributed by atoms with E-state index in [9.17, 15) is 13.2 Å². The third-order valence-corrected chi connectivity index (χ3v) is 19.0. The number of ether oxygens (including phenoxy) is 4. The number of aliphatic hydroxyl groups excluding tert-OH is 1. The number of hydrogen-bond acceptors (Lipinski definition) is 18. The number of aromatic nitrogens is 2. The molecule has 1 aromatic heterocycles. The zero-order valence-electron chi connectivity index (χ0n) is 64.8. The number of nitrogen functional groups attached to an aromatic ring is 1. The zero-order valence-corrected chi connectivity index (χ0v) is 68.1. The number of aliphatic hydroxyl groups is 1. The summed E-state index contributed by atoms with van der Waals surface area (Å²) >= 11 is 3.10. The van der Waals surface area contributed by atoms with E-state index in [1.165, 1.54) is 33.5 Å². The summed E-state index contributed by atoms with van der Waals surface area (Å²) < 4.78 is 50.5. The average Bonchev–Trinajstić information content (AvgIpc) is 1.69. The second-order valence-corrected chi connectivity index (χ2v) is 33.5. The Hall–Kier alpha value is -6.94. The van der Waals surface area contributed by atoms with Gasteiger partial charge < -0.3 is 50.9 Å². The van der Waals surface area contributed by atoms with Crippen molar-refractivity contribution < 1.29 is 57.5 Å². The minimum atomic E-state index is -3.66. The number of aromatic amines is 1. The maximum atomic E-state index is 10.8. The van der Waals surface area contributed by atoms with Crippen LogP contribution in [0.2, 0.25) is 0 Å². The summed E-state index contributed by atoms with van der Waals surface area (Å²) in [7, 11) is -1.60. The van der Waals surface area contributed by atoms with Crippen LogP contribution in [0.3, 0.4) is 0 Å². The fourth-order valence-electron chi connectivity index (χ4n) is 12.0. The Morgan fingerprint density at radius 2 is 0.962 bits per heavy atom. The van der Waals surface area contributed by atoms with Gasteiger partial charge in [-0.15, -0.1) is 12.4 Å². The Labute approximate surface area is 649 Å². The van der Waals surface area contributed by atoms with Gasteiger partial charge in [0.1, 0.15) is 17.4 Å². The molecular formula is C82H125BrClN9O12S. The standard InChI is InChI=1S/C20H28N2O.C14H20N2O2.C14H20N2O.C14H17NO.C11H13NO.C6H11BrO.C2H6O4S.CH4.ClH.H3NO.H2/c1-19(2,3)17-12-21-18(22-17)16-8-6-14(7-9-16)10-15-11-20(4,5)23-13-15;1-14(2)8-11(9-18-14)7-10-3-5-12(6-4-10)13(15)16-17;1-14(2)8-11(9-17-14)7-10-3-5-12(6-4-10)13(15)16;1-14(2)8-13(10-16-14)7-11-3-5-12(9-15)6-4-11;1-9(8-13)6-10-2-4-11(7-12)5-3-10;1-6(2,3)5(8)4-7;1-5-7(3,4)6-2;;;1-2;/h6-9,12,15H,10-11,13H2,1-5H3,(H,21,22);3-6,11,17H,7-9H2,1-2H3,(H2,15,16);3-6,11H,7-9H2,1-2H3,(H3,15,16);3-6,13H,7-8,10H2,1-2H3;2-5,9,13H,6,8H2,1H3;4H2,1-3H3;1-2H3;1H4;1H;2H,1H2;1H/t15-;2*11-;13-;9-;;;;;;/m11110....../s1. The smallest absolute Gasteiger partial charge is 0.399 e. The second kappa shape index (κ2) is 45.8. The normalized spacial score (nSPS) is 18.7. The third kappa shape index (κ3) is 36.8. The predicted molar refractivity (Wildman–Crippen MR) is 432 cm³/mol. The van der Waals surface area contributed by atoms with Gasteiger partial charge in [-0.3, -0.25) is 18.6 Å². The highest BCUT2D eigenvalue weighted by Gasteiger charge is 2.35. The van der Waals surface area contributed by atoms with Crippen molar-refractivity contribution in [1.82, 2.24) is 9.97 Å². The van der Waals surface area contributed by atoms with Crippen molar-refractivity contribution in [1.29, 1.82) is 15.9 Å². The van der Waals surface area contributed by atoms with Crippen LogP contribution >= 0.6 is 28.3 Å². The summed E-state index contributed by atoms with van der Waals surface area (Å²) in [6.07, 6.45) is 11.5. The summed E-state index contributed by atoms with van der Waals surface area (Å²) in [6, 6.07) is 44.1. The largest absolute Gasteiger partial charge is 0.409 e. The Bertz CT molecular complexity index is 3770. The minimum absolute atomic E-state index is 0. The fourth-order valence-corrected chi connectivity index (χ4v) is 13.0. The highest BCUT2D eigenvalue weighted by Crippen LogP contribution is 2.35. The predicted octanol–water partition coefficient (Wildman–Crippen LogP) is 16.0. The van der Waals surface area contributed by atoms with Crippen molar-refractivity contribution in [2.75, 3.05) is 52.6 Å². The number of hydrogen-bond donors (Lipinski definition) is 8. The molecule has 11 N–H and O–H groups in total. The van der Waals surface area contributed by atoms with E-state index in [0.29, 0.717) is 34.6 Å². The van der Waals surface area contributed by atoms with Gasteiger partial charge in [0, 0.05) is 47.4 Å². The molecule has 590 valence electrons. The average molecular weight is 1580 g/mol. The number of amidine groups is 2. The summed E-state index contributed by atoms with van der Waals surface area (Å²) in [6.45, 7) is 35.1. The molecule has 24 heteroatoms. The minimum Gasteiger partial charge on any atom is -0.409 e.